The zero-order valence-electron chi connectivity index (χ0n) is 23.9. The van der Waals surface area contributed by atoms with E-state index in [2.05, 4.69) is 35.9 Å². The number of amides is 2. The molecule has 2 aliphatic rings. The van der Waals surface area contributed by atoms with Crippen molar-refractivity contribution in [2.75, 3.05) is 11.9 Å². The molecule has 6 rings (SSSR count). The van der Waals surface area contributed by atoms with Crippen molar-refractivity contribution >= 4 is 38.5 Å². The van der Waals surface area contributed by atoms with Crippen LogP contribution < -0.4 is 16.0 Å². The molecule has 3 heterocycles. The molecule has 0 aliphatic heterocycles. The van der Waals surface area contributed by atoms with E-state index in [1.54, 1.807) is 36.9 Å². The largest absolute Gasteiger partial charge is 0.390 e. The minimum atomic E-state index is -0.401. The number of hydrogen-bond donors (Lipinski definition) is 4. The van der Waals surface area contributed by atoms with Gasteiger partial charge in [0, 0.05) is 60.5 Å². The van der Waals surface area contributed by atoms with Gasteiger partial charge in [0.05, 0.1) is 22.4 Å². The van der Waals surface area contributed by atoms with E-state index in [1.165, 1.54) is 11.3 Å². The quantitative estimate of drug-likeness (QED) is 0.202. The van der Waals surface area contributed by atoms with Crippen molar-refractivity contribution < 1.29 is 19.4 Å². The third kappa shape index (κ3) is 7.21. The Bertz CT molecular complexity index is 1560. The lowest BCUT2D eigenvalue weighted by Crippen LogP contribution is -2.51. The number of thiazole rings is 1. The van der Waals surface area contributed by atoms with Crippen LogP contribution >= 0.6 is 11.3 Å². The van der Waals surface area contributed by atoms with Crippen molar-refractivity contribution in [1.82, 2.24) is 30.6 Å². The number of benzene rings is 1. The first-order valence-electron chi connectivity index (χ1n) is 14.7. The van der Waals surface area contributed by atoms with Crippen LogP contribution in [0.4, 0.5) is 5.13 Å². The monoisotopic (exact) mass is 601 g/mol. The summed E-state index contributed by atoms with van der Waals surface area (Å²) in [6.07, 6.45) is 10.3. The Morgan fingerprint density at radius 1 is 1.09 bits per heavy atom. The van der Waals surface area contributed by atoms with Crippen molar-refractivity contribution in [1.29, 1.82) is 0 Å². The number of aliphatic hydroxyl groups is 1. The van der Waals surface area contributed by atoms with Gasteiger partial charge in [0.2, 0.25) is 5.91 Å². The standard InChI is InChI=1S/C31H35N7O4S/c1-18(14-35-29(40)19-7-9-32-10-8-19)36-23-11-21(12-23)30(41)38-31-37-24-6-5-20(13-27(24)43-31)22-15-33-28(34-16-22)17-42-26-4-2-3-25(26)39/h5-10,13,15-16,18,21,23,25-26,36,39H,2-4,11-12,14,17H2,1H3,(H,35,40)(H,37,38,41)/t18-,21?,23?,25-,26-/m0/s1. The van der Waals surface area contributed by atoms with Gasteiger partial charge in [-0.3, -0.25) is 14.6 Å². The Morgan fingerprint density at radius 3 is 2.63 bits per heavy atom. The molecule has 4 N–H and O–H groups in total. The summed E-state index contributed by atoms with van der Waals surface area (Å²) in [6.45, 7) is 2.80. The summed E-state index contributed by atoms with van der Waals surface area (Å²) in [7, 11) is 0. The molecule has 3 atom stereocenters. The minimum absolute atomic E-state index is 0.0210. The van der Waals surface area contributed by atoms with Crippen molar-refractivity contribution in [2.24, 2.45) is 5.92 Å². The molecule has 3 aromatic heterocycles. The fraction of sp³-hybridized carbons (Fsp3) is 0.419. The van der Waals surface area contributed by atoms with Gasteiger partial charge in [0.1, 0.15) is 6.61 Å². The summed E-state index contributed by atoms with van der Waals surface area (Å²) >= 11 is 1.44. The van der Waals surface area contributed by atoms with Crippen molar-refractivity contribution in [3.8, 4) is 11.1 Å². The highest BCUT2D eigenvalue weighted by Crippen LogP contribution is 2.33. The van der Waals surface area contributed by atoms with Crippen molar-refractivity contribution in [3.05, 3.63) is 66.5 Å². The van der Waals surface area contributed by atoms with E-state index in [4.69, 9.17) is 4.74 Å². The van der Waals surface area contributed by atoms with E-state index in [0.29, 0.717) is 23.1 Å². The third-order valence-electron chi connectivity index (χ3n) is 8.04. The summed E-state index contributed by atoms with van der Waals surface area (Å²) in [5.41, 5.74) is 3.25. The molecule has 2 amide bonds. The number of pyridine rings is 1. The number of nitrogens with one attached hydrogen (secondary N) is 3. The fourth-order valence-electron chi connectivity index (χ4n) is 5.51. The first-order valence-corrected chi connectivity index (χ1v) is 15.5. The highest BCUT2D eigenvalue weighted by molar-refractivity contribution is 7.22. The zero-order chi connectivity index (χ0) is 29.8. The Kier molecular flexibility index (Phi) is 8.98. The molecule has 0 spiro atoms. The molecule has 0 radical (unpaired) electrons. The zero-order valence-corrected chi connectivity index (χ0v) is 24.7. The van der Waals surface area contributed by atoms with E-state index >= 15 is 0 Å². The third-order valence-corrected chi connectivity index (χ3v) is 8.98. The molecule has 0 unspecified atom stereocenters. The predicted octanol–water partition coefficient (Wildman–Crippen LogP) is 3.70. The first-order chi connectivity index (χ1) is 20.9. The maximum Gasteiger partial charge on any atom is 0.251 e. The molecule has 0 saturated heterocycles. The van der Waals surface area contributed by atoms with Gasteiger partial charge in [0.15, 0.2) is 11.0 Å². The van der Waals surface area contributed by atoms with Crippen LogP contribution in [0.25, 0.3) is 21.3 Å². The second-order valence-corrected chi connectivity index (χ2v) is 12.3. The average molecular weight is 602 g/mol. The Balaban J connectivity index is 0.961. The average Bonchev–Trinajstić information content (AvgIpc) is 3.61. The summed E-state index contributed by atoms with van der Waals surface area (Å²) in [5, 5.41) is 19.9. The normalized spacial score (nSPS) is 22.2. The van der Waals surface area contributed by atoms with Gasteiger partial charge in [-0.1, -0.05) is 17.4 Å². The molecule has 224 valence electrons. The smallest absolute Gasteiger partial charge is 0.251 e. The van der Waals surface area contributed by atoms with Gasteiger partial charge in [0.25, 0.3) is 5.91 Å². The molecular formula is C31H35N7O4S. The Labute approximate surface area is 253 Å². The molecule has 12 heteroatoms. The molecule has 4 aromatic rings. The SMILES string of the molecule is C[C@@H](CNC(=O)c1ccncc1)NC1CC(C(=O)Nc2nc3ccc(-c4cnc(CO[C@H]5CCC[C@@H]5O)nc4)cc3s2)C1. The van der Waals surface area contributed by atoms with Crippen LogP contribution in [0.3, 0.4) is 0 Å². The number of carbonyl (C=O) groups is 2. The molecule has 43 heavy (non-hydrogen) atoms. The molecule has 11 nitrogen and oxygen atoms in total. The van der Waals surface area contributed by atoms with E-state index in [1.807, 2.05) is 25.1 Å². The second-order valence-electron chi connectivity index (χ2n) is 11.3. The Hall–Kier alpha value is -3.84. The van der Waals surface area contributed by atoms with Crippen LogP contribution in [0.2, 0.25) is 0 Å². The number of aliphatic hydroxyl groups excluding tert-OH is 1. The second kappa shape index (κ2) is 13.2. The summed E-state index contributed by atoms with van der Waals surface area (Å²) < 4.78 is 6.75. The van der Waals surface area contributed by atoms with E-state index < -0.39 is 6.10 Å². The number of aromatic nitrogens is 4. The lowest BCUT2D eigenvalue weighted by atomic mass is 9.79. The van der Waals surface area contributed by atoms with Gasteiger partial charge in [-0.2, -0.15) is 0 Å². The molecule has 2 aliphatic carbocycles. The van der Waals surface area contributed by atoms with Gasteiger partial charge < -0.3 is 25.8 Å². The number of fused-ring (bicyclic) bond motifs is 1. The fourth-order valence-corrected chi connectivity index (χ4v) is 6.41. The van der Waals surface area contributed by atoms with E-state index in [-0.39, 0.29) is 42.5 Å². The van der Waals surface area contributed by atoms with Crippen LogP contribution in [0.1, 0.15) is 55.2 Å². The van der Waals surface area contributed by atoms with Crippen LogP contribution in [0.15, 0.2) is 55.1 Å². The first kappa shape index (κ1) is 29.2. The maximum atomic E-state index is 12.9. The molecule has 2 fully saturated rings. The van der Waals surface area contributed by atoms with Crippen molar-refractivity contribution in [3.63, 3.8) is 0 Å². The van der Waals surface area contributed by atoms with Crippen LogP contribution in [-0.4, -0.2) is 67.7 Å². The van der Waals surface area contributed by atoms with Gasteiger partial charge in [-0.15, -0.1) is 0 Å². The number of rotatable bonds is 11. The number of ether oxygens (including phenoxy) is 1. The molecule has 0 bridgehead atoms. The van der Waals surface area contributed by atoms with Gasteiger partial charge >= 0.3 is 0 Å². The number of nitrogens with zero attached hydrogens (tertiary/aromatic N) is 4. The molecular weight excluding hydrogens is 566 g/mol. The maximum absolute atomic E-state index is 12.9. The molecule has 1 aromatic carbocycles. The topological polar surface area (TPSA) is 151 Å². The lowest BCUT2D eigenvalue weighted by molar-refractivity contribution is -0.123. The van der Waals surface area contributed by atoms with Crippen molar-refractivity contribution in [2.45, 2.75) is 69.9 Å². The summed E-state index contributed by atoms with van der Waals surface area (Å²) in [5.74, 6) is 0.364. The van der Waals surface area contributed by atoms with Crippen LogP contribution in [0.5, 0.6) is 0 Å². The van der Waals surface area contributed by atoms with E-state index in [9.17, 15) is 14.7 Å². The predicted molar refractivity (Wildman–Crippen MR) is 163 cm³/mol. The van der Waals surface area contributed by atoms with Crippen LogP contribution in [0, 0.1) is 5.92 Å². The van der Waals surface area contributed by atoms with Crippen LogP contribution in [-0.2, 0) is 16.1 Å². The highest BCUT2D eigenvalue weighted by atomic mass is 32.1. The van der Waals surface area contributed by atoms with Gasteiger partial charge in [-0.25, -0.2) is 15.0 Å². The Morgan fingerprint density at radius 2 is 1.88 bits per heavy atom. The summed E-state index contributed by atoms with van der Waals surface area (Å²) in [6, 6.07) is 9.62. The number of carbonyl (C=O) groups excluding carboxylic acids is 2. The van der Waals surface area contributed by atoms with Gasteiger partial charge in [-0.05, 0) is 68.9 Å². The highest BCUT2D eigenvalue weighted by Gasteiger charge is 2.35. The number of hydrogen-bond acceptors (Lipinski definition) is 10. The minimum Gasteiger partial charge on any atom is -0.390 e. The molecule has 2 saturated carbocycles. The number of anilines is 1. The summed E-state index contributed by atoms with van der Waals surface area (Å²) in [4.78, 5) is 42.5. The lowest BCUT2D eigenvalue weighted by Gasteiger charge is -2.36. The van der Waals surface area contributed by atoms with E-state index in [0.717, 1.165) is 53.4 Å².